The Morgan fingerprint density at radius 1 is 0.955 bits per heavy atom. The molecule has 1 atom stereocenters. The average Bonchev–Trinajstić information content (AvgIpc) is 2.46. The molecule has 0 aromatic heterocycles. The van der Waals surface area contributed by atoms with Crippen LogP contribution in [0.2, 0.25) is 0 Å². The highest BCUT2D eigenvalue weighted by Crippen LogP contribution is 2.40. The zero-order valence-corrected chi connectivity index (χ0v) is 11.7. The topological polar surface area (TPSA) is 60.7 Å². The van der Waals surface area contributed by atoms with Crippen molar-refractivity contribution >= 4 is 0 Å². The summed E-state index contributed by atoms with van der Waals surface area (Å²) in [7, 11) is 0. The molecule has 1 unspecified atom stereocenters. The maximum atomic E-state index is 12.8. The van der Waals surface area contributed by atoms with Gasteiger partial charge in [0, 0.05) is 11.6 Å². The summed E-state index contributed by atoms with van der Waals surface area (Å²) in [6, 6.07) is 7.91. The second-order valence-corrected chi connectivity index (χ2v) is 4.99. The zero-order chi connectivity index (χ0) is 16.5. The number of benzene rings is 2. The number of phenols is 2. The van der Waals surface area contributed by atoms with Gasteiger partial charge in [0.2, 0.25) is 0 Å². The summed E-state index contributed by atoms with van der Waals surface area (Å²) in [6.45, 7) is 1.59. The fourth-order valence-electron chi connectivity index (χ4n) is 2.37. The van der Waals surface area contributed by atoms with Crippen molar-refractivity contribution in [3.05, 3.63) is 59.2 Å². The quantitative estimate of drug-likeness (QED) is 0.808. The summed E-state index contributed by atoms with van der Waals surface area (Å²) in [5.74, 6) is -0.592. The lowest BCUT2D eigenvalue weighted by Gasteiger charge is -2.29. The Kier molecular flexibility index (Phi) is 4.06. The summed E-state index contributed by atoms with van der Waals surface area (Å²) < 4.78 is 38.5. The van der Waals surface area contributed by atoms with E-state index >= 15 is 0 Å². The van der Waals surface area contributed by atoms with E-state index in [1.54, 1.807) is 6.92 Å². The number of rotatable bonds is 3. The fourth-order valence-corrected chi connectivity index (χ4v) is 2.37. The number of halogens is 3. The minimum absolute atomic E-state index is 0.0193. The van der Waals surface area contributed by atoms with Crippen LogP contribution in [0.1, 0.15) is 30.0 Å². The van der Waals surface area contributed by atoms with Crippen LogP contribution in [0, 0.1) is 0 Å². The van der Waals surface area contributed by atoms with E-state index in [1.807, 2.05) is 0 Å². The zero-order valence-electron chi connectivity index (χ0n) is 11.7. The third kappa shape index (κ3) is 2.87. The van der Waals surface area contributed by atoms with Crippen molar-refractivity contribution < 1.29 is 28.5 Å². The maximum absolute atomic E-state index is 12.8. The molecule has 0 radical (unpaired) electrons. The van der Waals surface area contributed by atoms with Crippen LogP contribution in [0.15, 0.2) is 42.5 Å². The van der Waals surface area contributed by atoms with Gasteiger partial charge in [-0.2, -0.15) is 13.2 Å². The Morgan fingerprint density at radius 3 is 2.14 bits per heavy atom. The van der Waals surface area contributed by atoms with Crippen LogP contribution in [0.4, 0.5) is 13.2 Å². The van der Waals surface area contributed by atoms with E-state index in [2.05, 4.69) is 0 Å². The molecule has 0 amide bonds. The van der Waals surface area contributed by atoms with E-state index in [9.17, 15) is 28.5 Å². The smallest absolute Gasteiger partial charge is 0.416 e. The first-order valence-electron chi connectivity index (χ1n) is 6.61. The Bertz CT molecular complexity index is 683. The standard InChI is InChI=1S/C16H15F3O3/c1-2-15(22,13-7-6-12(20)9-14(13)21)10-4-3-5-11(8-10)16(17,18)19/h3-9,20-22H,2H2,1H3. The predicted molar refractivity (Wildman–Crippen MR) is 74.5 cm³/mol. The lowest BCUT2D eigenvalue weighted by molar-refractivity contribution is -0.137. The van der Waals surface area contributed by atoms with Gasteiger partial charge in [-0.25, -0.2) is 0 Å². The average molecular weight is 312 g/mol. The van der Waals surface area contributed by atoms with Gasteiger partial charge >= 0.3 is 6.18 Å². The molecule has 0 saturated carbocycles. The van der Waals surface area contributed by atoms with E-state index < -0.39 is 17.3 Å². The van der Waals surface area contributed by atoms with Gasteiger partial charge in [-0.3, -0.25) is 0 Å². The molecule has 0 aliphatic heterocycles. The highest BCUT2D eigenvalue weighted by atomic mass is 19.4. The van der Waals surface area contributed by atoms with E-state index in [1.165, 1.54) is 24.3 Å². The molecule has 3 N–H and O–H groups in total. The molecule has 6 heteroatoms. The van der Waals surface area contributed by atoms with Gasteiger partial charge in [0.25, 0.3) is 0 Å². The summed E-state index contributed by atoms with van der Waals surface area (Å²) in [5, 5.41) is 30.0. The molecule has 0 bridgehead atoms. The molecule has 2 aromatic carbocycles. The second kappa shape index (κ2) is 5.53. The first-order valence-corrected chi connectivity index (χ1v) is 6.61. The normalized spacial score (nSPS) is 14.6. The summed E-state index contributed by atoms with van der Waals surface area (Å²) in [4.78, 5) is 0. The largest absolute Gasteiger partial charge is 0.508 e. The van der Waals surface area contributed by atoms with Crippen LogP contribution in [0.3, 0.4) is 0 Å². The molecule has 0 fully saturated rings. The third-order valence-corrected chi connectivity index (χ3v) is 3.61. The monoisotopic (exact) mass is 312 g/mol. The molecule has 0 aliphatic carbocycles. The molecule has 0 spiro atoms. The lowest BCUT2D eigenvalue weighted by Crippen LogP contribution is -2.27. The molecule has 22 heavy (non-hydrogen) atoms. The molecule has 3 nitrogen and oxygen atoms in total. The van der Waals surface area contributed by atoms with Gasteiger partial charge in [0.05, 0.1) is 5.56 Å². The van der Waals surface area contributed by atoms with Crippen LogP contribution >= 0.6 is 0 Å². The minimum Gasteiger partial charge on any atom is -0.508 e. The summed E-state index contributed by atoms with van der Waals surface area (Å²) in [6.07, 6.45) is -4.48. The van der Waals surface area contributed by atoms with Crippen LogP contribution in [0.5, 0.6) is 11.5 Å². The third-order valence-electron chi connectivity index (χ3n) is 3.61. The summed E-state index contributed by atoms with van der Waals surface area (Å²) in [5.41, 5.74) is -2.62. The number of phenolic OH excluding ortho intramolecular Hbond substituents is 2. The van der Waals surface area contributed by atoms with E-state index in [0.717, 1.165) is 18.2 Å². The number of aromatic hydroxyl groups is 2. The van der Waals surface area contributed by atoms with Crippen molar-refractivity contribution in [1.82, 2.24) is 0 Å². The van der Waals surface area contributed by atoms with Crippen LogP contribution in [-0.4, -0.2) is 15.3 Å². The van der Waals surface area contributed by atoms with Crippen molar-refractivity contribution in [3.63, 3.8) is 0 Å². The predicted octanol–water partition coefficient (Wildman–Crippen LogP) is 3.76. The van der Waals surface area contributed by atoms with Gasteiger partial charge < -0.3 is 15.3 Å². The second-order valence-electron chi connectivity index (χ2n) is 4.99. The van der Waals surface area contributed by atoms with Gasteiger partial charge in [-0.1, -0.05) is 19.1 Å². The minimum atomic E-state index is -4.53. The number of alkyl halides is 3. The highest BCUT2D eigenvalue weighted by molar-refractivity contribution is 5.48. The number of aliphatic hydroxyl groups is 1. The fraction of sp³-hybridized carbons (Fsp3) is 0.250. The van der Waals surface area contributed by atoms with Crippen molar-refractivity contribution in [2.75, 3.05) is 0 Å². The van der Waals surface area contributed by atoms with Gasteiger partial charge in [0.15, 0.2) is 0 Å². The van der Waals surface area contributed by atoms with E-state index in [4.69, 9.17) is 0 Å². The highest BCUT2D eigenvalue weighted by Gasteiger charge is 2.36. The Hall–Kier alpha value is -2.21. The lowest BCUT2D eigenvalue weighted by atomic mass is 9.83. The van der Waals surface area contributed by atoms with Crippen molar-refractivity contribution in [2.24, 2.45) is 0 Å². The first kappa shape index (κ1) is 16.2. The van der Waals surface area contributed by atoms with E-state index in [0.29, 0.717) is 0 Å². The van der Waals surface area contributed by atoms with Gasteiger partial charge in [-0.15, -0.1) is 0 Å². The summed E-state index contributed by atoms with van der Waals surface area (Å²) >= 11 is 0. The van der Waals surface area contributed by atoms with Crippen LogP contribution in [0.25, 0.3) is 0 Å². The molecular weight excluding hydrogens is 297 g/mol. The molecule has 0 saturated heterocycles. The van der Waals surface area contributed by atoms with Crippen LogP contribution in [-0.2, 0) is 11.8 Å². The van der Waals surface area contributed by atoms with Crippen molar-refractivity contribution in [1.29, 1.82) is 0 Å². The SMILES string of the molecule is CCC(O)(c1cccc(C(F)(F)F)c1)c1ccc(O)cc1O. The number of hydrogen-bond donors (Lipinski definition) is 3. The van der Waals surface area contributed by atoms with Gasteiger partial charge in [0.1, 0.15) is 17.1 Å². The van der Waals surface area contributed by atoms with Gasteiger partial charge in [-0.05, 0) is 36.2 Å². The maximum Gasteiger partial charge on any atom is 0.416 e. The number of hydrogen-bond acceptors (Lipinski definition) is 3. The molecule has 0 aliphatic rings. The van der Waals surface area contributed by atoms with Crippen molar-refractivity contribution in [3.8, 4) is 11.5 Å². The van der Waals surface area contributed by atoms with Crippen LogP contribution < -0.4 is 0 Å². The first-order chi connectivity index (χ1) is 10.2. The molecule has 0 heterocycles. The Balaban J connectivity index is 2.60. The Labute approximate surface area is 125 Å². The van der Waals surface area contributed by atoms with Crippen molar-refractivity contribution in [2.45, 2.75) is 25.1 Å². The molecular formula is C16H15F3O3. The van der Waals surface area contributed by atoms with E-state index in [-0.39, 0.29) is 29.0 Å². The molecule has 2 rings (SSSR count). The molecule has 2 aromatic rings. The molecule has 118 valence electrons. The Morgan fingerprint density at radius 2 is 1.59 bits per heavy atom.